The lowest BCUT2D eigenvalue weighted by Crippen LogP contribution is -2.14. The normalized spacial score (nSPS) is 10.4. The summed E-state index contributed by atoms with van der Waals surface area (Å²) in [4.78, 5) is 12.2. The quantitative estimate of drug-likeness (QED) is 0.823. The highest BCUT2D eigenvalue weighted by Gasteiger charge is 2.14. The first-order valence-corrected chi connectivity index (χ1v) is 7.12. The number of halogens is 2. The minimum atomic E-state index is -0.368. The summed E-state index contributed by atoms with van der Waals surface area (Å²) in [5.74, 6) is -0.505. The first-order valence-electron chi connectivity index (χ1n) is 5.95. The highest BCUT2D eigenvalue weighted by Crippen LogP contribution is 2.27. The van der Waals surface area contributed by atoms with E-state index in [9.17, 15) is 9.90 Å². The number of hydrogen-bond donors (Lipinski definition) is 2. The first kappa shape index (κ1) is 14.9. The van der Waals surface area contributed by atoms with Crippen molar-refractivity contribution in [1.29, 1.82) is 0 Å². The number of carbonyl (C=O) groups is 1. The number of benzene rings is 2. The molecule has 5 heteroatoms. The van der Waals surface area contributed by atoms with Gasteiger partial charge >= 0.3 is 0 Å². The van der Waals surface area contributed by atoms with E-state index in [0.29, 0.717) is 5.02 Å². The Labute approximate surface area is 130 Å². The summed E-state index contributed by atoms with van der Waals surface area (Å²) in [5, 5.41) is 13.0. The molecule has 0 radical (unpaired) electrons. The molecule has 0 atom stereocenters. The van der Waals surface area contributed by atoms with Gasteiger partial charge in [-0.2, -0.15) is 0 Å². The van der Waals surface area contributed by atoms with E-state index in [1.807, 2.05) is 26.0 Å². The van der Waals surface area contributed by atoms with E-state index in [2.05, 4.69) is 21.2 Å². The number of nitrogens with one attached hydrogen (secondary N) is 1. The average Bonchev–Trinajstić information content (AvgIpc) is 2.33. The van der Waals surface area contributed by atoms with E-state index in [1.54, 1.807) is 6.07 Å². The molecule has 20 heavy (non-hydrogen) atoms. The minimum Gasteiger partial charge on any atom is -0.507 e. The fourth-order valence-electron chi connectivity index (χ4n) is 1.99. The predicted octanol–water partition coefficient (Wildman–Crippen LogP) is 4.68. The monoisotopic (exact) mass is 353 g/mol. The molecule has 0 saturated carbocycles. The van der Waals surface area contributed by atoms with E-state index < -0.39 is 0 Å². The number of phenols is 1. The van der Waals surface area contributed by atoms with Crippen LogP contribution in [0, 0.1) is 13.8 Å². The zero-order valence-electron chi connectivity index (χ0n) is 11.0. The van der Waals surface area contributed by atoms with Gasteiger partial charge < -0.3 is 10.4 Å². The zero-order valence-corrected chi connectivity index (χ0v) is 13.3. The smallest absolute Gasteiger partial charge is 0.259 e. The highest BCUT2D eigenvalue weighted by molar-refractivity contribution is 9.10. The van der Waals surface area contributed by atoms with Crippen LogP contribution in [0.1, 0.15) is 21.5 Å². The van der Waals surface area contributed by atoms with Gasteiger partial charge in [-0.25, -0.2) is 0 Å². The summed E-state index contributed by atoms with van der Waals surface area (Å²) >= 11 is 9.16. The Kier molecular flexibility index (Phi) is 4.35. The molecule has 104 valence electrons. The summed E-state index contributed by atoms with van der Waals surface area (Å²) in [6, 6.07) is 8.25. The van der Waals surface area contributed by atoms with Crippen molar-refractivity contribution in [3.63, 3.8) is 0 Å². The maximum atomic E-state index is 12.2. The van der Waals surface area contributed by atoms with Crippen LogP contribution < -0.4 is 5.32 Å². The molecule has 2 aromatic rings. The molecule has 2 N–H and O–H groups in total. The van der Waals surface area contributed by atoms with Crippen molar-refractivity contribution in [3.8, 4) is 5.75 Å². The lowest BCUT2D eigenvalue weighted by molar-refractivity contribution is 0.102. The lowest BCUT2D eigenvalue weighted by Gasteiger charge is -2.13. The highest BCUT2D eigenvalue weighted by atomic mass is 79.9. The molecule has 0 bridgehead atoms. The van der Waals surface area contributed by atoms with Gasteiger partial charge in [-0.15, -0.1) is 0 Å². The minimum absolute atomic E-state index is 0.137. The Morgan fingerprint density at radius 2 is 1.80 bits per heavy atom. The summed E-state index contributed by atoms with van der Waals surface area (Å²) in [5.41, 5.74) is 2.82. The SMILES string of the molecule is Cc1cc(Br)cc(C)c1NC(=O)c1ccc(Cl)cc1O. The van der Waals surface area contributed by atoms with Crippen LogP contribution in [0.3, 0.4) is 0 Å². The Hall–Kier alpha value is -1.52. The van der Waals surface area contributed by atoms with E-state index in [0.717, 1.165) is 21.3 Å². The van der Waals surface area contributed by atoms with Crippen molar-refractivity contribution in [2.24, 2.45) is 0 Å². The molecule has 0 heterocycles. The van der Waals surface area contributed by atoms with Crippen molar-refractivity contribution >= 4 is 39.1 Å². The second-order valence-electron chi connectivity index (χ2n) is 4.53. The molecule has 0 aromatic heterocycles. The van der Waals surface area contributed by atoms with Gasteiger partial charge in [-0.3, -0.25) is 4.79 Å². The van der Waals surface area contributed by atoms with Crippen LogP contribution in [-0.2, 0) is 0 Å². The fourth-order valence-corrected chi connectivity index (χ4v) is 2.84. The molecule has 0 unspecified atom stereocenters. The predicted molar refractivity (Wildman–Crippen MR) is 84.7 cm³/mol. The number of hydrogen-bond acceptors (Lipinski definition) is 2. The van der Waals surface area contributed by atoms with Crippen LogP contribution >= 0.6 is 27.5 Å². The van der Waals surface area contributed by atoms with Crippen LogP contribution in [0.15, 0.2) is 34.8 Å². The van der Waals surface area contributed by atoms with Gasteiger partial charge in [0.05, 0.1) is 5.56 Å². The third-order valence-electron chi connectivity index (χ3n) is 2.94. The molecule has 0 spiro atoms. The standard InChI is InChI=1S/C15H13BrClNO2/c1-8-5-10(16)6-9(2)14(8)18-15(20)12-4-3-11(17)7-13(12)19/h3-7,19H,1-2H3,(H,18,20). The van der Waals surface area contributed by atoms with Gasteiger partial charge in [0.1, 0.15) is 5.75 Å². The van der Waals surface area contributed by atoms with Crippen molar-refractivity contribution in [2.75, 3.05) is 5.32 Å². The largest absolute Gasteiger partial charge is 0.507 e. The molecular formula is C15H13BrClNO2. The fraction of sp³-hybridized carbons (Fsp3) is 0.133. The number of aromatic hydroxyl groups is 1. The number of rotatable bonds is 2. The average molecular weight is 355 g/mol. The molecule has 2 rings (SSSR count). The summed E-state index contributed by atoms with van der Waals surface area (Å²) in [7, 11) is 0. The Morgan fingerprint density at radius 3 is 2.35 bits per heavy atom. The Balaban J connectivity index is 2.33. The number of carbonyl (C=O) groups excluding carboxylic acids is 1. The van der Waals surface area contributed by atoms with E-state index >= 15 is 0 Å². The molecule has 0 aliphatic heterocycles. The first-order chi connectivity index (χ1) is 9.38. The zero-order chi connectivity index (χ0) is 14.9. The number of phenolic OH excluding ortho intramolecular Hbond substituents is 1. The van der Waals surface area contributed by atoms with Gasteiger partial charge in [-0.1, -0.05) is 27.5 Å². The van der Waals surface area contributed by atoms with Crippen LogP contribution in [0.5, 0.6) is 5.75 Å². The lowest BCUT2D eigenvalue weighted by atomic mass is 10.1. The summed E-state index contributed by atoms with van der Waals surface area (Å²) in [6.45, 7) is 3.82. The van der Waals surface area contributed by atoms with E-state index in [4.69, 9.17) is 11.6 Å². The van der Waals surface area contributed by atoms with Crippen LogP contribution in [0.2, 0.25) is 5.02 Å². The maximum absolute atomic E-state index is 12.2. The maximum Gasteiger partial charge on any atom is 0.259 e. The Morgan fingerprint density at radius 1 is 1.20 bits per heavy atom. The topological polar surface area (TPSA) is 49.3 Å². The van der Waals surface area contributed by atoms with Crippen molar-refractivity contribution < 1.29 is 9.90 Å². The second kappa shape index (κ2) is 5.85. The molecule has 0 fully saturated rings. The van der Waals surface area contributed by atoms with Gasteiger partial charge in [0.25, 0.3) is 5.91 Å². The molecular weight excluding hydrogens is 342 g/mol. The molecule has 3 nitrogen and oxygen atoms in total. The van der Waals surface area contributed by atoms with Crippen LogP contribution in [0.4, 0.5) is 5.69 Å². The summed E-state index contributed by atoms with van der Waals surface area (Å²) in [6.07, 6.45) is 0. The second-order valence-corrected chi connectivity index (χ2v) is 5.88. The number of anilines is 1. The Bertz CT molecular complexity index is 663. The van der Waals surface area contributed by atoms with Gasteiger partial charge in [0, 0.05) is 15.2 Å². The molecule has 0 aliphatic carbocycles. The van der Waals surface area contributed by atoms with Crippen molar-refractivity contribution in [1.82, 2.24) is 0 Å². The van der Waals surface area contributed by atoms with Crippen LogP contribution in [-0.4, -0.2) is 11.0 Å². The molecule has 0 aliphatic rings. The van der Waals surface area contributed by atoms with E-state index in [1.165, 1.54) is 12.1 Å². The van der Waals surface area contributed by atoms with Gasteiger partial charge in [0.2, 0.25) is 0 Å². The third kappa shape index (κ3) is 3.14. The molecule has 1 amide bonds. The summed E-state index contributed by atoms with van der Waals surface area (Å²) < 4.78 is 0.958. The van der Waals surface area contributed by atoms with Crippen molar-refractivity contribution in [3.05, 3.63) is 56.5 Å². The van der Waals surface area contributed by atoms with E-state index in [-0.39, 0.29) is 17.2 Å². The number of amides is 1. The van der Waals surface area contributed by atoms with Crippen molar-refractivity contribution in [2.45, 2.75) is 13.8 Å². The molecule has 0 saturated heterocycles. The van der Waals surface area contributed by atoms with Gasteiger partial charge in [-0.05, 0) is 55.3 Å². The van der Waals surface area contributed by atoms with Crippen LogP contribution in [0.25, 0.3) is 0 Å². The van der Waals surface area contributed by atoms with Gasteiger partial charge in [0.15, 0.2) is 0 Å². The third-order valence-corrected chi connectivity index (χ3v) is 3.63. The molecule has 2 aromatic carbocycles. The number of aryl methyl sites for hydroxylation is 2.